The second-order valence-corrected chi connectivity index (χ2v) is 5.68. The van der Waals surface area contributed by atoms with Crippen LogP contribution in [0.4, 0.5) is 0 Å². The molecule has 2 aromatic rings. The lowest BCUT2D eigenvalue weighted by Crippen LogP contribution is -2.38. The molecule has 0 unspecified atom stereocenters. The van der Waals surface area contributed by atoms with Gasteiger partial charge >= 0.3 is 0 Å². The molecule has 0 aliphatic carbocycles. The summed E-state index contributed by atoms with van der Waals surface area (Å²) in [5.74, 6) is 1.07. The first-order valence-corrected chi connectivity index (χ1v) is 6.84. The average Bonchev–Trinajstić information content (AvgIpc) is 2.96. The molecule has 0 saturated heterocycles. The summed E-state index contributed by atoms with van der Waals surface area (Å²) >= 11 is 0. The highest BCUT2D eigenvalue weighted by atomic mass is 16.5. The maximum Gasteiger partial charge on any atom is 0.241 e. The van der Waals surface area contributed by atoms with Crippen molar-refractivity contribution in [3.8, 4) is 11.4 Å². The fraction of sp³-hybridized carbons (Fsp3) is 0.467. The first-order chi connectivity index (χ1) is 10.1. The molecule has 0 atom stereocenters. The summed E-state index contributed by atoms with van der Waals surface area (Å²) in [6.07, 6.45) is 0. The molecular weight excluding hydrogens is 270 g/mol. The first kappa shape index (κ1) is 15.6. The second-order valence-electron chi connectivity index (χ2n) is 5.68. The number of rotatable bonds is 7. The number of benzene rings is 1. The highest BCUT2D eigenvalue weighted by Crippen LogP contribution is 2.18. The Balaban J connectivity index is 1.99. The quantitative estimate of drug-likeness (QED) is 0.796. The Kier molecular flexibility index (Phi) is 5.06. The Morgan fingerprint density at radius 3 is 2.48 bits per heavy atom. The van der Waals surface area contributed by atoms with Crippen molar-refractivity contribution in [2.24, 2.45) is 5.41 Å². The fourth-order valence-corrected chi connectivity index (χ4v) is 2.11. The summed E-state index contributed by atoms with van der Waals surface area (Å²) < 4.78 is 5.24. The number of hydrogen-bond acceptors (Lipinski definition) is 6. The zero-order chi connectivity index (χ0) is 15.3. The van der Waals surface area contributed by atoms with E-state index in [0.29, 0.717) is 24.8 Å². The Labute approximate surface area is 124 Å². The van der Waals surface area contributed by atoms with Gasteiger partial charge in [-0.3, -0.25) is 4.90 Å². The molecular formula is C15H21N3O3. The van der Waals surface area contributed by atoms with Crippen molar-refractivity contribution in [2.45, 2.75) is 13.5 Å². The van der Waals surface area contributed by atoms with Gasteiger partial charge in [-0.1, -0.05) is 42.4 Å². The Morgan fingerprint density at radius 1 is 1.19 bits per heavy atom. The monoisotopic (exact) mass is 291 g/mol. The number of nitrogens with zero attached hydrogens (tertiary/aromatic N) is 3. The molecule has 1 aromatic carbocycles. The number of aromatic nitrogens is 2. The predicted molar refractivity (Wildman–Crippen MR) is 78.3 cm³/mol. The van der Waals surface area contributed by atoms with Crippen molar-refractivity contribution in [2.75, 3.05) is 26.8 Å². The summed E-state index contributed by atoms with van der Waals surface area (Å²) in [5.41, 5.74) is 0.363. The van der Waals surface area contributed by atoms with Crippen LogP contribution in [0.5, 0.6) is 0 Å². The lowest BCUT2D eigenvalue weighted by molar-refractivity contribution is 0.0378. The van der Waals surface area contributed by atoms with E-state index in [1.807, 2.05) is 49.2 Å². The van der Waals surface area contributed by atoms with E-state index in [-0.39, 0.29) is 13.2 Å². The maximum absolute atomic E-state index is 9.31. The van der Waals surface area contributed by atoms with Crippen molar-refractivity contribution in [1.82, 2.24) is 15.0 Å². The van der Waals surface area contributed by atoms with Crippen LogP contribution in [-0.2, 0) is 6.54 Å². The van der Waals surface area contributed by atoms with Gasteiger partial charge in [0.1, 0.15) is 0 Å². The van der Waals surface area contributed by atoms with Crippen LogP contribution in [0.1, 0.15) is 12.8 Å². The van der Waals surface area contributed by atoms with Crippen LogP contribution in [0.3, 0.4) is 0 Å². The number of aliphatic hydroxyl groups is 2. The van der Waals surface area contributed by atoms with Crippen LogP contribution in [0.2, 0.25) is 0 Å². The molecule has 21 heavy (non-hydrogen) atoms. The van der Waals surface area contributed by atoms with Crippen molar-refractivity contribution in [1.29, 1.82) is 0 Å². The number of aliphatic hydroxyl groups excluding tert-OH is 2. The average molecular weight is 291 g/mol. The fourth-order valence-electron chi connectivity index (χ4n) is 2.11. The maximum atomic E-state index is 9.31. The van der Waals surface area contributed by atoms with Crippen LogP contribution < -0.4 is 0 Å². The third-order valence-corrected chi connectivity index (χ3v) is 3.32. The lowest BCUT2D eigenvalue weighted by atomic mass is 9.92. The van der Waals surface area contributed by atoms with Gasteiger partial charge in [-0.15, -0.1) is 0 Å². The van der Waals surface area contributed by atoms with E-state index in [0.717, 1.165) is 5.56 Å². The smallest absolute Gasteiger partial charge is 0.241 e. The molecule has 0 bridgehead atoms. The second kappa shape index (κ2) is 6.80. The molecule has 0 saturated carbocycles. The van der Waals surface area contributed by atoms with Crippen LogP contribution in [-0.4, -0.2) is 52.1 Å². The summed E-state index contributed by atoms with van der Waals surface area (Å²) in [4.78, 5) is 6.30. The van der Waals surface area contributed by atoms with Crippen LogP contribution in [0, 0.1) is 5.41 Å². The van der Waals surface area contributed by atoms with Gasteiger partial charge in [0.25, 0.3) is 0 Å². The molecule has 0 radical (unpaired) electrons. The summed E-state index contributed by atoms with van der Waals surface area (Å²) in [6, 6.07) is 9.62. The van der Waals surface area contributed by atoms with Gasteiger partial charge in [0.15, 0.2) is 0 Å². The summed E-state index contributed by atoms with van der Waals surface area (Å²) in [7, 11) is 1.88. The zero-order valence-electron chi connectivity index (χ0n) is 12.4. The van der Waals surface area contributed by atoms with E-state index in [9.17, 15) is 10.2 Å². The van der Waals surface area contributed by atoms with Crippen LogP contribution >= 0.6 is 0 Å². The Morgan fingerprint density at radius 2 is 1.86 bits per heavy atom. The van der Waals surface area contributed by atoms with Gasteiger partial charge in [0.05, 0.1) is 19.8 Å². The zero-order valence-corrected chi connectivity index (χ0v) is 12.4. The van der Waals surface area contributed by atoms with Crippen molar-refractivity contribution in [3.05, 3.63) is 36.2 Å². The molecule has 6 nitrogen and oxygen atoms in total. The minimum absolute atomic E-state index is 0.0764. The normalized spacial score (nSPS) is 12.0. The number of hydrogen-bond donors (Lipinski definition) is 2. The third kappa shape index (κ3) is 4.10. The van der Waals surface area contributed by atoms with E-state index < -0.39 is 5.41 Å². The van der Waals surface area contributed by atoms with Crippen molar-refractivity contribution in [3.63, 3.8) is 0 Å². The molecule has 0 aliphatic heterocycles. The van der Waals surface area contributed by atoms with Crippen LogP contribution in [0.15, 0.2) is 34.9 Å². The Hall–Kier alpha value is -1.76. The van der Waals surface area contributed by atoms with E-state index >= 15 is 0 Å². The molecule has 0 spiro atoms. The predicted octanol–water partition coefficient (Wildman–Crippen LogP) is 1.16. The van der Waals surface area contributed by atoms with Crippen molar-refractivity contribution >= 4 is 0 Å². The summed E-state index contributed by atoms with van der Waals surface area (Å²) in [6.45, 7) is 2.67. The molecule has 0 amide bonds. The minimum Gasteiger partial charge on any atom is -0.396 e. The molecule has 2 N–H and O–H groups in total. The van der Waals surface area contributed by atoms with E-state index in [4.69, 9.17) is 4.52 Å². The van der Waals surface area contributed by atoms with Gasteiger partial charge < -0.3 is 14.7 Å². The van der Waals surface area contributed by atoms with Gasteiger partial charge in [-0.2, -0.15) is 4.98 Å². The molecule has 1 heterocycles. The highest BCUT2D eigenvalue weighted by molar-refractivity contribution is 5.53. The molecule has 1 aromatic heterocycles. The first-order valence-electron chi connectivity index (χ1n) is 6.84. The topological polar surface area (TPSA) is 82.6 Å². The van der Waals surface area contributed by atoms with Crippen LogP contribution in [0.25, 0.3) is 11.4 Å². The van der Waals surface area contributed by atoms with Gasteiger partial charge in [-0.05, 0) is 7.05 Å². The lowest BCUT2D eigenvalue weighted by Gasteiger charge is -2.29. The van der Waals surface area contributed by atoms with Gasteiger partial charge in [-0.25, -0.2) is 0 Å². The molecule has 114 valence electrons. The SMILES string of the molecule is CN(Cc1nc(-c2ccccc2)no1)CC(C)(CO)CO. The largest absolute Gasteiger partial charge is 0.396 e. The van der Waals surface area contributed by atoms with Gasteiger partial charge in [0, 0.05) is 17.5 Å². The Bertz CT molecular complexity index is 552. The van der Waals surface area contributed by atoms with E-state index in [1.54, 1.807) is 0 Å². The van der Waals surface area contributed by atoms with Crippen molar-refractivity contribution < 1.29 is 14.7 Å². The third-order valence-electron chi connectivity index (χ3n) is 3.32. The summed E-state index contributed by atoms with van der Waals surface area (Å²) in [5, 5.41) is 22.6. The molecule has 0 fully saturated rings. The highest BCUT2D eigenvalue weighted by Gasteiger charge is 2.25. The standard InChI is InChI=1S/C15H21N3O3/c1-15(10-19,11-20)9-18(2)8-13-16-14(17-21-13)12-6-4-3-5-7-12/h3-7,19-20H,8-11H2,1-2H3. The van der Waals surface area contributed by atoms with Gasteiger partial charge in [0.2, 0.25) is 11.7 Å². The minimum atomic E-state index is -0.545. The molecule has 2 rings (SSSR count). The van der Waals surface area contributed by atoms with E-state index in [1.165, 1.54) is 0 Å². The van der Waals surface area contributed by atoms with E-state index in [2.05, 4.69) is 10.1 Å². The molecule has 6 heteroatoms. The molecule has 0 aliphatic rings.